The van der Waals surface area contributed by atoms with Crippen molar-refractivity contribution in [3.8, 4) is 5.75 Å². The number of ether oxygens (including phenoxy) is 1. The molecule has 0 saturated carbocycles. The molecule has 2 aromatic heterocycles. The number of piperazine rings is 1. The quantitative estimate of drug-likeness (QED) is 0.444. The lowest BCUT2D eigenvalue weighted by atomic mass is 10.1. The SMILES string of the molecule is COc1cc2c(cc1N1CCN(S(=O)(=O)c3ccc(NC(C)=O)cc3)CC1)c1ccnc(C)c1n2C. The smallest absolute Gasteiger partial charge is 0.243 e. The van der Waals surface area contributed by atoms with Gasteiger partial charge in [-0.3, -0.25) is 9.78 Å². The van der Waals surface area contributed by atoms with Crippen LogP contribution in [-0.4, -0.2) is 61.5 Å². The van der Waals surface area contributed by atoms with E-state index >= 15 is 0 Å². The van der Waals surface area contributed by atoms with Crippen LogP contribution in [0, 0.1) is 6.92 Å². The van der Waals surface area contributed by atoms with Gasteiger partial charge in [0.2, 0.25) is 15.9 Å². The molecule has 1 fully saturated rings. The van der Waals surface area contributed by atoms with Crippen LogP contribution in [0.3, 0.4) is 0 Å². The van der Waals surface area contributed by atoms with Gasteiger partial charge in [-0.05, 0) is 43.3 Å². The third kappa shape index (κ3) is 4.06. The van der Waals surface area contributed by atoms with E-state index in [1.54, 1.807) is 19.2 Å². The number of fused-ring (bicyclic) bond motifs is 3. The molecule has 0 spiro atoms. The van der Waals surface area contributed by atoms with Crippen LogP contribution in [0.1, 0.15) is 12.6 Å². The lowest BCUT2D eigenvalue weighted by Gasteiger charge is -2.36. The number of methoxy groups -OCH3 is 1. The highest BCUT2D eigenvalue weighted by molar-refractivity contribution is 7.89. The highest BCUT2D eigenvalue weighted by atomic mass is 32.2. The Bertz CT molecular complexity index is 1570. The zero-order chi connectivity index (χ0) is 25.6. The summed E-state index contributed by atoms with van der Waals surface area (Å²) in [6, 6.07) is 12.5. The van der Waals surface area contributed by atoms with Gasteiger partial charge in [0.25, 0.3) is 0 Å². The van der Waals surface area contributed by atoms with E-state index in [2.05, 4.69) is 25.8 Å². The van der Waals surface area contributed by atoms with Crippen molar-refractivity contribution in [1.29, 1.82) is 0 Å². The van der Waals surface area contributed by atoms with E-state index in [0.29, 0.717) is 31.9 Å². The van der Waals surface area contributed by atoms with Crippen molar-refractivity contribution in [3.63, 3.8) is 0 Å². The number of nitrogens with zero attached hydrogens (tertiary/aromatic N) is 4. The molecule has 1 aliphatic rings. The maximum Gasteiger partial charge on any atom is 0.243 e. The minimum atomic E-state index is -3.64. The topological polar surface area (TPSA) is 96.8 Å². The van der Waals surface area contributed by atoms with Crippen LogP contribution in [-0.2, 0) is 21.9 Å². The van der Waals surface area contributed by atoms with Gasteiger partial charge >= 0.3 is 0 Å². The Morgan fingerprint density at radius 2 is 1.72 bits per heavy atom. The van der Waals surface area contributed by atoms with E-state index < -0.39 is 10.0 Å². The van der Waals surface area contributed by atoms with Crippen molar-refractivity contribution < 1.29 is 17.9 Å². The molecule has 2 aromatic carbocycles. The molecule has 0 radical (unpaired) electrons. The van der Waals surface area contributed by atoms with Crippen LogP contribution < -0.4 is 15.0 Å². The van der Waals surface area contributed by atoms with Crippen LogP contribution in [0.15, 0.2) is 53.6 Å². The van der Waals surface area contributed by atoms with Gasteiger partial charge in [0, 0.05) is 68.9 Å². The molecule has 0 unspecified atom stereocenters. The van der Waals surface area contributed by atoms with Crippen molar-refractivity contribution in [2.45, 2.75) is 18.7 Å². The van der Waals surface area contributed by atoms with Gasteiger partial charge in [-0.2, -0.15) is 4.31 Å². The fraction of sp³-hybridized carbons (Fsp3) is 0.308. The lowest BCUT2D eigenvalue weighted by Crippen LogP contribution is -2.48. The van der Waals surface area contributed by atoms with Crippen molar-refractivity contribution in [2.75, 3.05) is 43.5 Å². The van der Waals surface area contributed by atoms with Crippen LogP contribution >= 0.6 is 0 Å². The number of carbonyl (C=O) groups is 1. The predicted octanol–water partition coefficient (Wildman–Crippen LogP) is 3.51. The largest absolute Gasteiger partial charge is 0.495 e. The highest BCUT2D eigenvalue weighted by Crippen LogP contribution is 2.38. The second-order valence-corrected chi connectivity index (χ2v) is 10.9. The Morgan fingerprint density at radius 1 is 1.03 bits per heavy atom. The highest BCUT2D eigenvalue weighted by Gasteiger charge is 2.30. The molecular formula is C26H29N5O4S. The summed E-state index contributed by atoms with van der Waals surface area (Å²) in [5.41, 5.74) is 4.63. The van der Waals surface area contributed by atoms with Crippen molar-refractivity contribution in [3.05, 3.63) is 54.4 Å². The molecule has 0 bridgehead atoms. The van der Waals surface area contributed by atoms with Gasteiger partial charge in [0.15, 0.2) is 0 Å². The first-order valence-corrected chi connectivity index (χ1v) is 13.2. The molecule has 188 valence electrons. The standard InChI is InChI=1S/C26H29N5O4S/c1-17-26-21(9-10-27-17)22-15-24(25(35-4)16-23(22)29(26)3)30-11-13-31(14-12-30)36(33,34)20-7-5-19(6-8-20)28-18(2)32/h5-10,15-16H,11-14H2,1-4H3,(H,28,32). The molecule has 1 N–H and O–H groups in total. The zero-order valence-corrected chi connectivity index (χ0v) is 21.6. The first-order chi connectivity index (χ1) is 17.2. The molecule has 0 atom stereocenters. The molecule has 1 aliphatic heterocycles. The van der Waals surface area contributed by atoms with E-state index in [9.17, 15) is 13.2 Å². The molecule has 5 rings (SSSR count). The van der Waals surface area contributed by atoms with Crippen molar-refractivity contribution in [1.82, 2.24) is 13.9 Å². The minimum Gasteiger partial charge on any atom is -0.495 e. The Morgan fingerprint density at radius 3 is 2.36 bits per heavy atom. The van der Waals surface area contributed by atoms with E-state index in [1.165, 1.54) is 23.4 Å². The van der Waals surface area contributed by atoms with Gasteiger partial charge in [0.1, 0.15) is 5.75 Å². The second kappa shape index (κ2) is 9.11. The first-order valence-electron chi connectivity index (χ1n) is 11.7. The number of benzene rings is 2. The average molecular weight is 508 g/mol. The monoisotopic (exact) mass is 507 g/mol. The van der Waals surface area contributed by atoms with E-state index in [1.807, 2.05) is 32.3 Å². The number of pyridine rings is 1. The molecule has 4 aromatic rings. The lowest BCUT2D eigenvalue weighted by molar-refractivity contribution is -0.114. The summed E-state index contributed by atoms with van der Waals surface area (Å²) >= 11 is 0. The Hall–Kier alpha value is -3.63. The number of nitrogens with one attached hydrogen (secondary N) is 1. The summed E-state index contributed by atoms with van der Waals surface area (Å²) < 4.78 is 35.9. The summed E-state index contributed by atoms with van der Waals surface area (Å²) in [4.78, 5) is 18.1. The number of aryl methyl sites for hydroxylation is 2. The second-order valence-electron chi connectivity index (χ2n) is 8.99. The van der Waals surface area contributed by atoms with Gasteiger partial charge < -0.3 is 19.5 Å². The van der Waals surface area contributed by atoms with Crippen molar-refractivity contribution >= 4 is 49.1 Å². The average Bonchev–Trinajstić information content (AvgIpc) is 3.15. The van der Waals surface area contributed by atoms with Crippen LogP contribution in [0.2, 0.25) is 0 Å². The van der Waals surface area contributed by atoms with Crippen LogP contribution in [0.5, 0.6) is 5.75 Å². The maximum atomic E-state index is 13.2. The van der Waals surface area contributed by atoms with Gasteiger partial charge in [0.05, 0.1) is 34.4 Å². The molecule has 0 aliphatic carbocycles. The first kappa shape index (κ1) is 24.1. The molecular weight excluding hydrogens is 478 g/mol. The summed E-state index contributed by atoms with van der Waals surface area (Å²) in [6.07, 6.45) is 1.83. The number of hydrogen-bond acceptors (Lipinski definition) is 6. The third-order valence-corrected chi connectivity index (χ3v) is 8.70. The summed E-state index contributed by atoms with van der Waals surface area (Å²) in [6.45, 7) is 5.21. The van der Waals surface area contributed by atoms with E-state index in [4.69, 9.17) is 4.74 Å². The zero-order valence-electron chi connectivity index (χ0n) is 20.8. The van der Waals surface area contributed by atoms with Gasteiger partial charge in [-0.15, -0.1) is 0 Å². The number of aromatic nitrogens is 2. The Kier molecular flexibility index (Phi) is 6.09. The fourth-order valence-corrected chi connectivity index (χ4v) is 6.44. The summed E-state index contributed by atoms with van der Waals surface area (Å²) in [5.74, 6) is 0.550. The molecule has 36 heavy (non-hydrogen) atoms. The molecule has 10 heteroatoms. The van der Waals surface area contributed by atoms with Gasteiger partial charge in [-0.1, -0.05) is 0 Å². The number of sulfonamides is 1. The van der Waals surface area contributed by atoms with Gasteiger partial charge in [-0.25, -0.2) is 8.42 Å². The minimum absolute atomic E-state index is 0.203. The molecule has 1 saturated heterocycles. The van der Waals surface area contributed by atoms with Crippen LogP contribution in [0.25, 0.3) is 21.8 Å². The fourth-order valence-electron chi connectivity index (χ4n) is 5.01. The number of hydrogen-bond donors (Lipinski definition) is 1. The summed E-state index contributed by atoms with van der Waals surface area (Å²) in [5, 5.41) is 4.90. The van der Waals surface area contributed by atoms with E-state index in [-0.39, 0.29) is 10.8 Å². The van der Waals surface area contributed by atoms with Crippen molar-refractivity contribution in [2.24, 2.45) is 7.05 Å². The van der Waals surface area contributed by atoms with Crippen LogP contribution in [0.4, 0.5) is 11.4 Å². The third-order valence-electron chi connectivity index (χ3n) is 6.78. The number of rotatable bonds is 5. The maximum absolute atomic E-state index is 13.2. The number of amides is 1. The van der Waals surface area contributed by atoms with E-state index in [0.717, 1.165) is 38.9 Å². The number of anilines is 2. The predicted molar refractivity (Wildman–Crippen MR) is 141 cm³/mol. The Labute approximate surface area is 210 Å². The summed E-state index contributed by atoms with van der Waals surface area (Å²) in [7, 11) is 0.0497. The molecule has 1 amide bonds. The molecule has 9 nitrogen and oxygen atoms in total. The Balaban J connectivity index is 1.41. The molecule has 3 heterocycles. The number of carbonyl (C=O) groups excluding carboxylic acids is 1. The normalized spacial score (nSPS) is 14.9.